The molecule has 0 fully saturated rings. The Morgan fingerprint density at radius 2 is 2.15 bits per heavy atom. The second-order valence-corrected chi connectivity index (χ2v) is 3.30. The number of nitrogens with one attached hydrogen (secondary N) is 1. The first-order valence-corrected chi connectivity index (χ1v) is 4.73. The van der Waals surface area contributed by atoms with Crippen LogP contribution < -0.4 is 11.1 Å². The maximum Gasteiger partial charge on any atom is 0.407 e. The third kappa shape index (κ3) is 4.72. The van der Waals surface area contributed by atoms with E-state index in [-0.39, 0.29) is 11.6 Å². The van der Waals surface area contributed by atoms with Gasteiger partial charge in [-0.15, -0.1) is 0 Å². The fourth-order valence-electron chi connectivity index (χ4n) is 1.06. The molecular formula is C9H20N2O2. The average molecular weight is 188 g/mol. The highest BCUT2D eigenvalue weighted by atomic mass is 16.5. The summed E-state index contributed by atoms with van der Waals surface area (Å²) in [5.74, 6) is 0. The number of ether oxygens (including phenoxy) is 1. The molecule has 1 unspecified atom stereocenters. The van der Waals surface area contributed by atoms with Crippen LogP contribution in [0, 0.1) is 0 Å². The van der Waals surface area contributed by atoms with Gasteiger partial charge in [0, 0.05) is 5.54 Å². The number of alkyl carbamates (subject to hydrolysis) is 1. The van der Waals surface area contributed by atoms with Crippen molar-refractivity contribution in [3.63, 3.8) is 0 Å². The Kier molecular flexibility index (Phi) is 5.46. The van der Waals surface area contributed by atoms with E-state index in [0.717, 1.165) is 12.8 Å². The zero-order chi connectivity index (χ0) is 10.3. The van der Waals surface area contributed by atoms with Crippen LogP contribution in [0.3, 0.4) is 0 Å². The zero-order valence-corrected chi connectivity index (χ0v) is 8.72. The van der Waals surface area contributed by atoms with E-state index in [0.29, 0.717) is 13.2 Å². The van der Waals surface area contributed by atoms with Gasteiger partial charge in [-0.25, -0.2) is 4.79 Å². The van der Waals surface area contributed by atoms with E-state index in [1.807, 2.05) is 13.8 Å². The Morgan fingerprint density at radius 1 is 1.54 bits per heavy atom. The molecule has 78 valence electrons. The maximum atomic E-state index is 11.1. The molecule has 0 aromatic heterocycles. The minimum atomic E-state index is -0.361. The fraction of sp³-hybridized carbons (Fsp3) is 0.889. The number of carbonyl (C=O) groups excluding carboxylic acids is 1. The van der Waals surface area contributed by atoms with E-state index in [4.69, 9.17) is 10.5 Å². The van der Waals surface area contributed by atoms with Crippen LogP contribution in [0.25, 0.3) is 0 Å². The summed E-state index contributed by atoms with van der Waals surface area (Å²) >= 11 is 0. The van der Waals surface area contributed by atoms with Crippen molar-refractivity contribution in [2.24, 2.45) is 5.73 Å². The third-order valence-corrected chi connectivity index (χ3v) is 2.16. The van der Waals surface area contributed by atoms with Crippen LogP contribution in [-0.2, 0) is 4.74 Å². The van der Waals surface area contributed by atoms with Gasteiger partial charge in [0.25, 0.3) is 0 Å². The number of nitrogens with two attached hydrogens (primary N) is 1. The highest BCUT2D eigenvalue weighted by Gasteiger charge is 2.23. The Balaban J connectivity index is 4.02. The molecule has 0 heterocycles. The van der Waals surface area contributed by atoms with Crippen molar-refractivity contribution in [2.45, 2.75) is 39.2 Å². The van der Waals surface area contributed by atoms with E-state index in [1.165, 1.54) is 0 Å². The molecular weight excluding hydrogens is 168 g/mol. The molecule has 0 saturated carbocycles. The lowest BCUT2D eigenvalue weighted by molar-refractivity contribution is 0.137. The van der Waals surface area contributed by atoms with Gasteiger partial charge in [0.1, 0.15) is 0 Å². The van der Waals surface area contributed by atoms with Gasteiger partial charge in [-0.3, -0.25) is 0 Å². The molecule has 13 heavy (non-hydrogen) atoms. The molecule has 0 saturated heterocycles. The summed E-state index contributed by atoms with van der Waals surface area (Å²) in [6.45, 7) is 6.73. The van der Waals surface area contributed by atoms with Gasteiger partial charge >= 0.3 is 6.09 Å². The van der Waals surface area contributed by atoms with Crippen molar-refractivity contribution in [1.82, 2.24) is 5.32 Å². The molecule has 3 N–H and O–H groups in total. The molecule has 0 aliphatic heterocycles. The maximum absolute atomic E-state index is 11.1. The molecule has 0 radical (unpaired) electrons. The van der Waals surface area contributed by atoms with Crippen molar-refractivity contribution >= 4 is 6.09 Å². The van der Waals surface area contributed by atoms with E-state index in [2.05, 4.69) is 5.32 Å². The van der Waals surface area contributed by atoms with Gasteiger partial charge in [-0.1, -0.05) is 6.92 Å². The van der Waals surface area contributed by atoms with Crippen LogP contribution in [-0.4, -0.2) is 24.8 Å². The monoisotopic (exact) mass is 188 g/mol. The number of carbonyl (C=O) groups is 1. The topological polar surface area (TPSA) is 64.3 Å². The molecule has 0 spiro atoms. The SMILES string of the molecule is CCOC(=O)NC(C)(CC)CCN. The molecule has 4 nitrogen and oxygen atoms in total. The van der Waals surface area contributed by atoms with Crippen LogP contribution in [0.15, 0.2) is 0 Å². The van der Waals surface area contributed by atoms with Crippen molar-refractivity contribution in [1.29, 1.82) is 0 Å². The summed E-state index contributed by atoms with van der Waals surface area (Å²) in [4.78, 5) is 11.1. The highest BCUT2D eigenvalue weighted by Crippen LogP contribution is 2.13. The number of rotatable bonds is 5. The fourth-order valence-corrected chi connectivity index (χ4v) is 1.06. The Hall–Kier alpha value is -0.770. The van der Waals surface area contributed by atoms with Gasteiger partial charge in [-0.2, -0.15) is 0 Å². The molecule has 0 aromatic rings. The third-order valence-electron chi connectivity index (χ3n) is 2.16. The standard InChI is InChI=1S/C9H20N2O2/c1-4-9(3,6-7-10)11-8(12)13-5-2/h4-7,10H2,1-3H3,(H,11,12). The summed E-state index contributed by atoms with van der Waals surface area (Å²) in [6.07, 6.45) is 1.26. The minimum Gasteiger partial charge on any atom is -0.450 e. The largest absolute Gasteiger partial charge is 0.450 e. The van der Waals surface area contributed by atoms with Gasteiger partial charge in [-0.05, 0) is 33.2 Å². The first-order chi connectivity index (χ1) is 6.08. The number of hydrogen-bond acceptors (Lipinski definition) is 3. The lowest BCUT2D eigenvalue weighted by Gasteiger charge is -2.28. The van der Waals surface area contributed by atoms with E-state index in [1.54, 1.807) is 6.92 Å². The molecule has 0 rings (SSSR count). The number of amides is 1. The lowest BCUT2D eigenvalue weighted by atomic mass is 9.95. The average Bonchev–Trinajstić information content (AvgIpc) is 2.05. The van der Waals surface area contributed by atoms with Crippen LogP contribution in [0.5, 0.6) is 0 Å². The van der Waals surface area contributed by atoms with Crippen molar-refractivity contribution < 1.29 is 9.53 Å². The van der Waals surface area contributed by atoms with Crippen molar-refractivity contribution in [3.05, 3.63) is 0 Å². The highest BCUT2D eigenvalue weighted by molar-refractivity contribution is 5.68. The van der Waals surface area contributed by atoms with Crippen LogP contribution in [0.4, 0.5) is 4.79 Å². The summed E-state index contributed by atoms with van der Waals surface area (Å²) in [7, 11) is 0. The predicted octanol–water partition coefficient (Wildman–Crippen LogP) is 1.25. The van der Waals surface area contributed by atoms with Crippen LogP contribution >= 0.6 is 0 Å². The van der Waals surface area contributed by atoms with Crippen molar-refractivity contribution in [3.8, 4) is 0 Å². The zero-order valence-electron chi connectivity index (χ0n) is 8.72. The summed E-state index contributed by atoms with van der Waals surface area (Å²) < 4.78 is 4.79. The van der Waals surface area contributed by atoms with E-state index >= 15 is 0 Å². The van der Waals surface area contributed by atoms with E-state index < -0.39 is 0 Å². The Labute approximate surface area is 79.8 Å². The van der Waals surface area contributed by atoms with Gasteiger partial charge < -0.3 is 15.8 Å². The minimum absolute atomic E-state index is 0.235. The molecule has 4 heteroatoms. The van der Waals surface area contributed by atoms with Crippen molar-refractivity contribution in [2.75, 3.05) is 13.2 Å². The smallest absolute Gasteiger partial charge is 0.407 e. The quantitative estimate of drug-likeness (QED) is 0.682. The Morgan fingerprint density at radius 3 is 2.54 bits per heavy atom. The van der Waals surface area contributed by atoms with Gasteiger partial charge in [0.15, 0.2) is 0 Å². The van der Waals surface area contributed by atoms with Crippen LogP contribution in [0.1, 0.15) is 33.6 Å². The second-order valence-electron chi connectivity index (χ2n) is 3.30. The molecule has 0 aliphatic rings. The van der Waals surface area contributed by atoms with Gasteiger partial charge in [0.2, 0.25) is 0 Å². The lowest BCUT2D eigenvalue weighted by Crippen LogP contribution is -2.47. The first-order valence-electron chi connectivity index (χ1n) is 4.73. The molecule has 0 aliphatic carbocycles. The normalized spacial score (nSPS) is 14.8. The number of hydrogen-bond donors (Lipinski definition) is 2. The molecule has 1 amide bonds. The molecule has 0 aromatic carbocycles. The molecule has 1 atom stereocenters. The second kappa shape index (κ2) is 5.80. The van der Waals surface area contributed by atoms with Gasteiger partial charge in [0.05, 0.1) is 6.61 Å². The predicted molar refractivity (Wildman–Crippen MR) is 52.5 cm³/mol. The first kappa shape index (κ1) is 12.2. The van der Waals surface area contributed by atoms with E-state index in [9.17, 15) is 4.79 Å². The van der Waals surface area contributed by atoms with Crippen LogP contribution in [0.2, 0.25) is 0 Å². The summed E-state index contributed by atoms with van der Waals surface area (Å²) in [5.41, 5.74) is 5.21. The summed E-state index contributed by atoms with van der Waals surface area (Å²) in [5, 5.41) is 2.80. The Bertz CT molecular complexity index is 162. The summed E-state index contributed by atoms with van der Waals surface area (Å²) in [6, 6.07) is 0. The molecule has 0 bridgehead atoms.